The first-order valence-corrected chi connectivity index (χ1v) is 5.72. The molecule has 1 aromatic rings. The second-order valence-corrected chi connectivity index (χ2v) is 4.72. The summed E-state index contributed by atoms with van der Waals surface area (Å²) in [7, 11) is 0. The number of nitrogens with zero attached hydrogens (tertiary/aromatic N) is 2. The van der Waals surface area contributed by atoms with Crippen LogP contribution in [0.15, 0.2) is 32.9 Å². The van der Waals surface area contributed by atoms with Gasteiger partial charge in [-0.1, -0.05) is 22.9 Å². The van der Waals surface area contributed by atoms with Gasteiger partial charge in [0.2, 0.25) is 0 Å². The second kappa shape index (κ2) is 4.33. The summed E-state index contributed by atoms with van der Waals surface area (Å²) in [5.41, 5.74) is 6.71. The van der Waals surface area contributed by atoms with Crippen molar-refractivity contribution in [1.82, 2.24) is 0 Å². The highest BCUT2D eigenvalue weighted by Gasteiger charge is 2.21. The van der Waals surface area contributed by atoms with Gasteiger partial charge in [0.1, 0.15) is 11.7 Å². The molecule has 1 heterocycles. The molecule has 1 aromatic carbocycles. The van der Waals surface area contributed by atoms with Crippen LogP contribution in [0.25, 0.3) is 0 Å². The zero-order valence-electron chi connectivity index (χ0n) is 8.74. The third kappa shape index (κ3) is 2.14. The fraction of sp³-hybridized carbons (Fsp3) is 0.273. The van der Waals surface area contributed by atoms with Gasteiger partial charge in [-0.25, -0.2) is 4.39 Å². The zero-order valence-corrected chi connectivity index (χ0v) is 10.3. The molecular formula is C11H11BrFN3. The molecule has 0 aromatic heterocycles. The first kappa shape index (κ1) is 11.3. The van der Waals surface area contributed by atoms with Gasteiger partial charge in [-0.05, 0) is 18.2 Å². The number of benzene rings is 1. The molecule has 2 rings (SSSR count). The minimum Gasteiger partial charge on any atom is -0.386 e. The van der Waals surface area contributed by atoms with Crippen molar-refractivity contribution in [2.75, 3.05) is 0 Å². The number of nitrogens with two attached hydrogens (primary N) is 1. The summed E-state index contributed by atoms with van der Waals surface area (Å²) in [5, 5.41) is 7.78. The Morgan fingerprint density at radius 3 is 2.81 bits per heavy atom. The number of hydrogen-bond donors (Lipinski definition) is 1. The summed E-state index contributed by atoms with van der Waals surface area (Å²) in [4.78, 5) is 0. The van der Waals surface area contributed by atoms with Crippen molar-refractivity contribution in [1.29, 1.82) is 0 Å². The van der Waals surface area contributed by atoms with Crippen LogP contribution in [0, 0.1) is 11.7 Å². The predicted molar refractivity (Wildman–Crippen MR) is 66.0 cm³/mol. The summed E-state index contributed by atoms with van der Waals surface area (Å²) < 4.78 is 14.4. The molecule has 0 saturated heterocycles. The van der Waals surface area contributed by atoms with Gasteiger partial charge in [0, 0.05) is 22.4 Å². The van der Waals surface area contributed by atoms with E-state index in [2.05, 4.69) is 26.1 Å². The molecule has 0 amide bonds. The van der Waals surface area contributed by atoms with Crippen LogP contribution in [-0.2, 0) is 0 Å². The van der Waals surface area contributed by atoms with Crippen LogP contribution in [0.4, 0.5) is 4.39 Å². The number of amidine groups is 1. The largest absolute Gasteiger partial charge is 0.386 e. The molecule has 3 nitrogen and oxygen atoms in total. The Labute approximate surface area is 101 Å². The van der Waals surface area contributed by atoms with Crippen molar-refractivity contribution < 1.29 is 4.39 Å². The maximum Gasteiger partial charge on any atom is 0.133 e. The Kier molecular flexibility index (Phi) is 3.05. The topological polar surface area (TPSA) is 50.7 Å². The molecule has 0 spiro atoms. The van der Waals surface area contributed by atoms with Crippen LogP contribution in [0.2, 0.25) is 0 Å². The van der Waals surface area contributed by atoms with Gasteiger partial charge >= 0.3 is 0 Å². The Morgan fingerprint density at radius 2 is 2.19 bits per heavy atom. The first-order chi connectivity index (χ1) is 7.58. The summed E-state index contributed by atoms with van der Waals surface area (Å²) in [6.07, 6.45) is 0.619. The summed E-state index contributed by atoms with van der Waals surface area (Å²) in [6, 6.07) is 4.91. The average molecular weight is 284 g/mol. The van der Waals surface area contributed by atoms with E-state index in [1.54, 1.807) is 12.1 Å². The maximum absolute atomic E-state index is 13.7. The fourth-order valence-electron chi connectivity index (χ4n) is 1.68. The molecule has 1 atom stereocenters. The Morgan fingerprint density at radius 1 is 1.44 bits per heavy atom. The van der Waals surface area contributed by atoms with Gasteiger partial charge in [0.05, 0.1) is 5.71 Å². The Balaban J connectivity index is 2.44. The van der Waals surface area contributed by atoms with E-state index in [4.69, 9.17) is 5.73 Å². The smallest absolute Gasteiger partial charge is 0.133 e. The number of halogens is 2. The van der Waals surface area contributed by atoms with Gasteiger partial charge in [-0.2, -0.15) is 5.10 Å². The van der Waals surface area contributed by atoms with Crippen molar-refractivity contribution in [3.8, 4) is 0 Å². The van der Waals surface area contributed by atoms with Crippen LogP contribution < -0.4 is 5.73 Å². The lowest BCUT2D eigenvalue weighted by atomic mass is 9.94. The summed E-state index contributed by atoms with van der Waals surface area (Å²) in [5.74, 6) is 0.289. The van der Waals surface area contributed by atoms with E-state index in [1.807, 2.05) is 6.92 Å². The molecule has 1 aliphatic rings. The highest BCUT2D eigenvalue weighted by atomic mass is 79.9. The van der Waals surface area contributed by atoms with Crippen molar-refractivity contribution >= 4 is 27.5 Å². The first-order valence-electron chi connectivity index (χ1n) is 4.93. The van der Waals surface area contributed by atoms with Gasteiger partial charge in [-0.15, -0.1) is 5.10 Å². The van der Waals surface area contributed by atoms with E-state index < -0.39 is 0 Å². The van der Waals surface area contributed by atoms with Crippen LogP contribution in [-0.4, -0.2) is 11.5 Å². The van der Waals surface area contributed by atoms with Crippen LogP contribution in [0.1, 0.15) is 18.9 Å². The lowest BCUT2D eigenvalue weighted by Gasteiger charge is -2.17. The van der Waals surface area contributed by atoms with E-state index >= 15 is 0 Å². The number of hydrogen-bond acceptors (Lipinski definition) is 3. The Hall–Kier alpha value is -1.23. The molecule has 84 valence electrons. The molecule has 1 unspecified atom stereocenters. The van der Waals surface area contributed by atoms with Gasteiger partial charge in [-0.3, -0.25) is 0 Å². The van der Waals surface area contributed by atoms with E-state index in [-0.39, 0.29) is 11.7 Å². The molecule has 0 bridgehead atoms. The third-order valence-electron chi connectivity index (χ3n) is 2.48. The minimum atomic E-state index is -0.296. The molecule has 2 N–H and O–H groups in total. The quantitative estimate of drug-likeness (QED) is 0.847. The summed E-state index contributed by atoms with van der Waals surface area (Å²) >= 11 is 3.22. The molecule has 0 radical (unpaired) electrons. The van der Waals surface area contributed by atoms with Crippen LogP contribution in [0.5, 0.6) is 0 Å². The van der Waals surface area contributed by atoms with Gasteiger partial charge in [0.15, 0.2) is 0 Å². The molecule has 0 fully saturated rings. The van der Waals surface area contributed by atoms with E-state index in [1.165, 1.54) is 6.07 Å². The maximum atomic E-state index is 13.7. The Bertz CT molecular complexity index is 482. The minimum absolute atomic E-state index is 0.0909. The van der Waals surface area contributed by atoms with Gasteiger partial charge < -0.3 is 5.73 Å². The lowest BCUT2D eigenvalue weighted by Crippen LogP contribution is -2.25. The highest BCUT2D eigenvalue weighted by Crippen LogP contribution is 2.22. The molecule has 0 aliphatic carbocycles. The van der Waals surface area contributed by atoms with E-state index in [9.17, 15) is 4.39 Å². The van der Waals surface area contributed by atoms with Crippen LogP contribution in [0.3, 0.4) is 0 Å². The van der Waals surface area contributed by atoms with Crippen molar-refractivity contribution in [2.24, 2.45) is 21.9 Å². The highest BCUT2D eigenvalue weighted by molar-refractivity contribution is 9.10. The summed E-state index contributed by atoms with van der Waals surface area (Å²) in [6.45, 7) is 1.96. The molecule has 1 aliphatic heterocycles. The van der Waals surface area contributed by atoms with Gasteiger partial charge in [0.25, 0.3) is 0 Å². The lowest BCUT2D eigenvalue weighted by molar-refractivity contribution is 0.620. The standard InChI is InChI=1S/C11H11BrFN3/c1-6-4-10(14)15-16-11(6)8-3-2-7(12)5-9(8)13/h2-3,5-6H,4H2,1H3,(H2,14,15). The molecule has 16 heavy (non-hydrogen) atoms. The van der Waals surface area contributed by atoms with E-state index in [0.717, 1.165) is 0 Å². The SMILES string of the molecule is CC1CC(N)=NN=C1c1ccc(Br)cc1F. The van der Waals surface area contributed by atoms with Crippen molar-refractivity contribution in [3.63, 3.8) is 0 Å². The van der Waals surface area contributed by atoms with E-state index in [0.29, 0.717) is 28.0 Å². The second-order valence-electron chi connectivity index (χ2n) is 3.81. The zero-order chi connectivity index (χ0) is 11.7. The molecular weight excluding hydrogens is 273 g/mol. The average Bonchev–Trinajstić information content (AvgIpc) is 2.19. The fourth-order valence-corrected chi connectivity index (χ4v) is 2.02. The predicted octanol–water partition coefficient (Wildman–Crippen LogP) is 2.69. The number of rotatable bonds is 1. The molecule has 5 heteroatoms. The van der Waals surface area contributed by atoms with Crippen LogP contribution >= 0.6 is 15.9 Å². The normalized spacial score (nSPS) is 20.3. The van der Waals surface area contributed by atoms with Crippen molar-refractivity contribution in [3.05, 3.63) is 34.1 Å². The monoisotopic (exact) mass is 283 g/mol. The van der Waals surface area contributed by atoms with Crippen molar-refractivity contribution in [2.45, 2.75) is 13.3 Å². The molecule has 0 saturated carbocycles. The third-order valence-corrected chi connectivity index (χ3v) is 2.97.